The summed E-state index contributed by atoms with van der Waals surface area (Å²) in [6.45, 7) is 3.36. The number of thiazole rings is 1. The molecule has 2 aromatic rings. The first-order chi connectivity index (χ1) is 11.5. The molecule has 2 aromatic heterocycles. The fourth-order valence-electron chi connectivity index (χ4n) is 3.09. The molecule has 1 fully saturated rings. The summed E-state index contributed by atoms with van der Waals surface area (Å²) < 4.78 is 0. The summed E-state index contributed by atoms with van der Waals surface area (Å²) in [6, 6.07) is 0. The van der Waals surface area contributed by atoms with Crippen LogP contribution in [0.2, 0.25) is 0 Å². The lowest BCUT2D eigenvalue weighted by atomic mass is 9.92. The maximum atomic E-state index is 12.5. The summed E-state index contributed by atoms with van der Waals surface area (Å²) in [5.74, 6) is 0.656. The maximum Gasteiger partial charge on any atom is 0.265 e. The van der Waals surface area contributed by atoms with Crippen LogP contribution in [0.1, 0.15) is 28.2 Å². The van der Waals surface area contributed by atoms with Crippen LogP contribution < -0.4 is 4.90 Å². The van der Waals surface area contributed by atoms with Gasteiger partial charge in [-0.05, 0) is 19.8 Å². The third-order valence-electron chi connectivity index (χ3n) is 4.25. The predicted molar refractivity (Wildman–Crippen MR) is 92.2 cm³/mol. The van der Waals surface area contributed by atoms with E-state index in [2.05, 4.69) is 15.0 Å². The van der Waals surface area contributed by atoms with Crippen molar-refractivity contribution in [1.82, 2.24) is 19.9 Å². The summed E-state index contributed by atoms with van der Waals surface area (Å²) in [5.41, 5.74) is 1.44. The number of anilines is 1. The van der Waals surface area contributed by atoms with Crippen LogP contribution >= 0.6 is 11.3 Å². The second-order valence-corrected chi connectivity index (χ2v) is 7.10. The van der Waals surface area contributed by atoms with Crippen LogP contribution in [0, 0.1) is 6.92 Å². The molecular formula is C16H21N5O2S. The highest BCUT2D eigenvalue weighted by molar-refractivity contribution is 7.11. The number of nitrogens with zero attached hydrogens (tertiary/aromatic N) is 5. The van der Waals surface area contributed by atoms with Gasteiger partial charge in [0.05, 0.1) is 29.5 Å². The van der Waals surface area contributed by atoms with E-state index in [4.69, 9.17) is 0 Å². The molecule has 3 rings (SSSR count). The number of aromatic nitrogens is 3. The third-order valence-corrected chi connectivity index (χ3v) is 5.16. The minimum absolute atomic E-state index is 0.0972. The fourth-order valence-corrected chi connectivity index (χ4v) is 3.88. The number of piperidine rings is 1. The Morgan fingerprint density at radius 3 is 2.96 bits per heavy atom. The molecule has 1 saturated heterocycles. The Kier molecular flexibility index (Phi) is 4.77. The molecule has 8 heteroatoms. The molecule has 0 spiro atoms. The van der Waals surface area contributed by atoms with E-state index < -0.39 is 5.60 Å². The first-order valence-electron chi connectivity index (χ1n) is 7.87. The summed E-state index contributed by atoms with van der Waals surface area (Å²) in [6.07, 6.45) is 6.47. The molecule has 24 heavy (non-hydrogen) atoms. The minimum atomic E-state index is -0.960. The highest BCUT2D eigenvalue weighted by Gasteiger charge is 2.36. The van der Waals surface area contributed by atoms with Gasteiger partial charge in [0.15, 0.2) is 0 Å². The number of likely N-dealkylation sites (N-methyl/N-ethyl adjacent to an activating group) is 1. The maximum absolute atomic E-state index is 12.5. The van der Waals surface area contributed by atoms with Crippen LogP contribution in [0.4, 0.5) is 5.82 Å². The van der Waals surface area contributed by atoms with E-state index in [-0.39, 0.29) is 12.5 Å². The standard InChI is InChI=1S/C16H21N5O2S/c1-12-14(24-11-19-12)15(22)20(2)9-16(23)4-3-7-21(10-16)13-8-17-5-6-18-13/h5-6,8,11,23H,3-4,7,9-10H2,1-2H3. The van der Waals surface area contributed by atoms with Gasteiger partial charge in [-0.25, -0.2) is 9.97 Å². The Hall–Kier alpha value is -2.06. The highest BCUT2D eigenvalue weighted by Crippen LogP contribution is 2.26. The molecule has 0 aliphatic carbocycles. The molecule has 128 valence electrons. The summed E-state index contributed by atoms with van der Waals surface area (Å²) in [7, 11) is 1.72. The van der Waals surface area contributed by atoms with Crippen molar-refractivity contribution < 1.29 is 9.90 Å². The Balaban J connectivity index is 1.69. The first kappa shape index (κ1) is 16.8. The molecule has 0 radical (unpaired) electrons. The Labute approximate surface area is 145 Å². The summed E-state index contributed by atoms with van der Waals surface area (Å²) >= 11 is 1.33. The third kappa shape index (κ3) is 3.54. The topological polar surface area (TPSA) is 82.5 Å². The highest BCUT2D eigenvalue weighted by atomic mass is 32.1. The van der Waals surface area contributed by atoms with Crippen LogP contribution in [0.3, 0.4) is 0 Å². The quantitative estimate of drug-likeness (QED) is 0.899. The van der Waals surface area contributed by atoms with Gasteiger partial charge in [-0.2, -0.15) is 0 Å². The van der Waals surface area contributed by atoms with Crippen LogP contribution in [0.5, 0.6) is 0 Å². The molecule has 3 heterocycles. The van der Waals surface area contributed by atoms with Crippen LogP contribution in [0.25, 0.3) is 0 Å². The van der Waals surface area contributed by atoms with E-state index in [1.807, 2.05) is 11.8 Å². The number of hydrogen-bond acceptors (Lipinski definition) is 7. The van der Waals surface area contributed by atoms with Crippen molar-refractivity contribution in [2.75, 3.05) is 31.6 Å². The second-order valence-electron chi connectivity index (χ2n) is 6.24. The Morgan fingerprint density at radius 2 is 2.29 bits per heavy atom. The van der Waals surface area contributed by atoms with Gasteiger partial charge in [0, 0.05) is 32.5 Å². The zero-order chi connectivity index (χ0) is 17.2. The van der Waals surface area contributed by atoms with Crippen molar-refractivity contribution in [3.8, 4) is 0 Å². The average molecular weight is 347 g/mol. The Morgan fingerprint density at radius 1 is 1.46 bits per heavy atom. The van der Waals surface area contributed by atoms with Gasteiger partial charge in [0.1, 0.15) is 10.7 Å². The number of β-amino-alcohol motifs (C(OH)–C–C–N with tert-alkyl or cyclic N) is 1. The van der Waals surface area contributed by atoms with Gasteiger partial charge in [0.2, 0.25) is 0 Å². The molecule has 0 bridgehead atoms. The van der Waals surface area contributed by atoms with E-state index in [1.54, 1.807) is 36.0 Å². The van der Waals surface area contributed by atoms with Gasteiger partial charge in [-0.1, -0.05) is 0 Å². The largest absolute Gasteiger partial charge is 0.386 e. The van der Waals surface area contributed by atoms with Crippen LogP contribution in [-0.4, -0.2) is 63.1 Å². The zero-order valence-electron chi connectivity index (χ0n) is 13.8. The fraction of sp³-hybridized carbons (Fsp3) is 0.500. The van der Waals surface area contributed by atoms with Crippen molar-refractivity contribution in [2.45, 2.75) is 25.4 Å². The van der Waals surface area contributed by atoms with Gasteiger partial charge < -0.3 is 14.9 Å². The number of aliphatic hydroxyl groups is 1. The lowest BCUT2D eigenvalue weighted by Gasteiger charge is -2.41. The monoisotopic (exact) mass is 347 g/mol. The van der Waals surface area contributed by atoms with Crippen molar-refractivity contribution in [3.05, 3.63) is 34.7 Å². The molecule has 1 aliphatic heterocycles. The number of amides is 1. The molecule has 7 nitrogen and oxygen atoms in total. The first-order valence-corrected chi connectivity index (χ1v) is 8.75. The number of carbonyl (C=O) groups excluding carboxylic acids is 1. The van der Waals surface area contributed by atoms with Crippen LogP contribution in [-0.2, 0) is 0 Å². The predicted octanol–water partition coefficient (Wildman–Crippen LogP) is 1.35. The minimum Gasteiger partial charge on any atom is -0.386 e. The Bertz CT molecular complexity index is 708. The van der Waals surface area contributed by atoms with Crippen molar-refractivity contribution >= 4 is 23.1 Å². The van der Waals surface area contributed by atoms with E-state index in [0.717, 1.165) is 24.5 Å². The van der Waals surface area contributed by atoms with Crippen molar-refractivity contribution in [1.29, 1.82) is 0 Å². The van der Waals surface area contributed by atoms with Gasteiger partial charge >= 0.3 is 0 Å². The van der Waals surface area contributed by atoms with E-state index in [0.29, 0.717) is 17.8 Å². The molecule has 1 amide bonds. The van der Waals surface area contributed by atoms with E-state index in [9.17, 15) is 9.90 Å². The van der Waals surface area contributed by atoms with E-state index in [1.165, 1.54) is 11.3 Å². The number of carbonyl (C=O) groups is 1. The smallest absolute Gasteiger partial charge is 0.265 e. The molecular weight excluding hydrogens is 326 g/mol. The SMILES string of the molecule is Cc1ncsc1C(=O)N(C)CC1(O)CCCN(c2cnccn2)C1. The van der Waals surface area contributed by atoms with Gasteiger partial charge in [-0.15, -0.1) is 11.3 Å². The summed E-state index contributed by atoms with van der Waals surface area (Å²) in [5, 5.41) is 11.0. The van der Waals surface area contributed by atoms with Crippen molar-refractivity contribution in [3.63, 3.8) is 0 Å². The van der Waals surface area contributed by atoms with Crippen molar-refractivity contribution in [2.24, 2.45) is 0 Å². The second kappa shape index (κ2) is 6.82. The van der Waals surface area contributed by atoms with Crippen LogP contribution in [0.15, 0.2) is 24.1 Å². The summed E-state index contributed by atoms with van der Waals surface area (Å²) in [4.78, 5) is 29.3. The molecule has 0 saturated carbocycles. The number of aryl methyl sites for hydroxylation is 1. The molecule has 1 aliphatic rings. The molecule has 1 N–H and O–H groups in total. The normalized spacial score (nSPS) is 20.9. The lowest BCUT2D eigenvalue weighted by molar-refractivity contribution is -0.0000507. The number of rotatable bonds is 4. The van der Waals surface area contributed by atoms with E-state index >= 15 is 0 Å². The molecule has 1 unspecified atom stereocenters. The van der Waals surface area contributed by atoms with Gasteiger partial charge in [0.25, 0.3) is 5.91 Å². The average Bonchev–Trinajstić information content (AvgIpc) is 3.00. The molecule has 0 aromatic carbocycles. The van der Waals surface area contributed by atoms with Gasteiger partial charge in [-0.3, -0.25) is 9.78 Å². The number of hydrogen-bond donors (Lipinski definition) is 1. The lowest BCUT2D eigenvalue weighted by Crippen LogP contribution is -2.54. The molecule has 1 atom stereocenters. The zero-order valence-corrected chi connectivity index (χ0v) is 14.7.